The van der Waals surface area contributed by atoms with E-state index in [1.807, 2.05) is 20.8 Å². The van der Waals surface area contributed by atoms with Crippen molar-refractivity contribution in [3.63, 3.8) is 0 Å². The predicted octanol–water partition coefficient (Wildman–Crippen LogP) is 2.64. The van der Waals surface area contributed by atoms with Gasteiger partial charge in [-0.1, -0.05) is 6.92 Å². The minimum atomic E-state index is -3.23. The molecule has 0 aliphatic carbocycles. The van der Waals surface area contributed by atoms with Gasteiger partial charge in [-0.3, -0.25) is 9.36 Å². The molecule has 5 heteroatoms. The number of carbonyl (C=O) groups excluding carboxylic acids is 1. The zero-order valence-corrected chi connectivity index (χ0v) is 10.8. The van der Waals surface area contributed by atoms with Gasteiger partial charge in [0.1, 0.15) is 0 Å². The smallest absolute Gasteiger partial charge is 0.309 e. The second kappa shape index (κ2) is 4.77. The summed E-state index contributed by atoms with van der Waals surface area (Å²) in [6.45, 7) is 8.15. The van der Waals surface area contributed by atoms with Crippen molar-refractivity contribution in [1.29, 1.82) is 0 Å². The van der Waals surface area contributed by atoms with E-state index in [-0.39, 0.29) is 24.1 Å². The highest BCUT2D eigenvalue weighted by atomic mass is 31.2. The molecule has 0 radical (unpaired) electrons. The molecule has 1 heterocycles. The topological polar surface area (TPSA) is 46.6 Å². The van der Waals surface area contributed by atoms with Gasteiger partial charge in [0.15, 0.2) is 0 Å². The fraction of sp³-hybridized carbons (Fsp3) is 0.900. The second-order valence-corrected chi connectivity index (χ2v) is 6.49. The third kappa shape index (κ3) is 2.49. The maximum absolute atomic E-state index is 12.5. The lowest BCUT2D eigenvalue weighted by atomic mass is 10.2. The molecule has 15 heavy (non-hydrogen) atoms. The van der Waals surface area contributed by atoms with Crippen LogP contribution < -0.4 is 0 Å². The van der Waals surface area contributed by atoms with Crippen molar-refractivity contribution in [2.75, 3.05) is 6.54 Å². The first-order chi connectivity index (χ1) is 6.91. The Morgan fingerprint density at radius 3 is 2.67 bits per heavy atom. The largest absolute Gasteiger partial charge is 0.337 e. The molecule has 0 aromatic heterocycles. The van der Waals surface area contributed by atoms with Crippen LogP contribution >= 0.6 is 7.52 Å². The first-order valence-corrected chi connectivity index (χ1v) is 7.08. The van der Waals surface area contributed by atoms with Gasteiger partial charge in [0, 0.05) is 19.0 Å². The summed E-state index contributed by atoms with van der Waals surface area (Å²) in [5, 5.41) is 0. The Labute approximate surface area is 91.5 Å². The van der Waals surface area contributed by atoms with Crippen LogP contribution in [0.3, 0.4) is 0 Å². The fourth-order valence-electron chi connectivity index (χ4n) is 1.77. The van der Waals surface area contributed by atoms with E-state index in [0.717, 1.165) is 6.42 Å². The summed E-state index contributed by atoms with van der Waals surface area (Å²) in [5.41, 5.74) is -0.261. The van der Waals surface area contributed by atoms with Crippen LogP contribution in [-0.2, 0) is 13.9 Å². The van der Waals surface area contributed by atoms with Crippen LogP contribution in [0.1, 0.15) is 40.5 Å². The lowest BCUT2D eigenvalue weighted by Gasteiger charge is -2.39. The Morgan fingerprint density at radius 2 is 2.20 bits per heavy atom. The van der Waals surface area contributed by atoms with Gasteiger partial charge < -0.3 is 4.52 Å². The molecular formula is C10H20NO3P. The molecule has 0 bridgehead atoms. The van der Waals surface area contributed by atoms with Crippen LogP contribution in [0.15, 0.2) is 0 Å². The molecule has 1 unspecified atom stereocenters. The maximum atomic E-state index is 12.5. The lowest BCUT2D eigenvalue weighted by molar-refractivity contribution is -0.113. The quantitative estimate of drug-likeness (QED) is 0.703. The number of rotatable bonds is 3. The number of nitrogens with zero attached hydrogens (tertiary/aromatic N) is 1. The molecule has 1 aliphatic rings. The van der Waals surface area contributed by atoms with Crippen molar-refractivity contribution >= 4 is 13.0 Å². The molecule has 0 saturated carbocycles. The normalized spacial score (nSPS) is 33.3. The molecule has 1 fully saturated rings. The maximum Gasteiger partial charge on any atom is 0.337 e. The van der Waals surface area contributed by atoms with Gasteiger partial charge in [-0.2, -0.15) is 0 Å². The molecule has 88 valence electrons. The Hall–Kier alpha value is -0.180. The van der Waals surface area contributed by atoms with Gasteiger partial charge in [-0.15, -0.1) is 0 Å². The van der Waals surface area contributed by atoms with Gasteiger partial charge in [-0.25, -0.2) is 4.67 Å². The van der Waals surface area contributed by atoms with Crippen LogP contribution in [0.25, 0.3) is 0 Å². The second-order valence-electron chi connectivity index (χ2n) is 4.23. The molecule has 0 spiro atoms. The highest BCUT2D eigenvalue weighted by Gasteiger charge is 2.44. The number of hydrogen-bond acceptors (Lipinski definition) is 3. The summed E-state index contributed by atoms with van der Waals surface area (Å²) in [5.74, 6) is 0. The molecule has 0 aromatic carbocycles. The molecule has 0 aromatic rings. The first kappa shape index (κ1) is 12.9. The predicted molar refractivity (Wildman–Crippen MR) is 59.9 cm³/mol. The van der Waals surface area contributed by atoms with Crippen LogP contribution in [0.5, 0.6) is 0 Å². The van der Waals surface area contributed by atoms with Crippen LogP contribution in [-0.4, -0.2) is 28.9 Å². The summed E-state index contributed by atoms with van der Waals surface area (Å²) >= 11 is 0. The van der Waals surface area contributed by atoms with Crippen molar-refractivity contribution < 1.29 is 13.9 Å². The highest BCUT2D eigenvalue weighted by Crippen LogP contribution is 2.57. The van der Waals surface area contributed by atoms with Crippen molar-refractivity contribution in [2.24, 2.45) is 0 Å². The Bertz CT molecular complexity index is 290. The number of carbonyl (C=O) groups is 1. The van der Waals surface area contributed by atoms with Gasteiger partial charge in [0.05, 0.1) is 6.10 Å². The Balaban J connectivity index is 2.97. The molecule has 2 atom stereocenters. The third-order valence-electron chi connectivity index (χ3n) is 2.64. The van der Waals surface area contributed by atoms with Crippen LogP contribution in [0.2, 0.25) is 0 Å². The van der Waals surface area contributed by atoms with E-state index < -0.39 is 7.52 Å². The minimum Gasteiger partial charge on any atom is -0.309 e. The summed E-state index contributed by atoms with van der Waals surface area (Å²) < 4.78 is 19.7. The summed E-state index contributed by atoms with van der Waals surface area (Å²) in [6.07, 6.45) is 1.02. The molecule has 1 saturated heterocycles. The third-order valence-corrected chi connectivity index (χ3v) is 5.57. The molecule has 4 nitrogen and oxygen atoms in total. The first-order valence-electron chi connectivity index (χ1n) is 5.50. The van der Waals surface area contributed by atoms with Gasteiger partial charge in [0.2, 0.25) is 5.52 Å². The minimum absolute atomic E-state index is 0.0821. The van der Waals surface area contributed by atoms with E-state index in [9.17, 15) is 9.36 Å². The summed E-state index contributed by atoms with van der Waals surface area (Å²) in [7, 11) is -3.23. The van der Waals surface area contributed by atoms with E-state index in [0.29, 0.717) is 6.54 Å². The zero-order valence-electron chi connectivity index (χ0n) is 9.90. The van der Waals surface area contributed by atoms with Crippen LogP contribution in [0, 0.1) is 0 Å². The van der Waals surface area contributed by atoms with Crippen molar-refractivity contribution in [1.82, 2.24) is 4.67 Å². The Morgan fingerprint density at radius 1 is 1.60 bits per heavy atom. The molecule has 0 amide bonds. The fourth-order valence-corrected chi connectivity index (χ4v) is 4.27. The molecule has 1 aliphatic heterocycles. The summed E-state index contributed by atoms with van der Waals surface area (Å²) in [4.78, 5) is 11.7. The monoisotopic (exact) mass is 233 g/mol. The van der Waals surface area contributed by atoms with E-state index in [1.54, 1.807) is 11.6 Å². The summed E-state index contributed by atoms with van der Waals surface area (Å²) in [6, 6.07) is 0.0823. The average molecular weight is 233 g/mol. The SMILES string of the molecule is CCC(=O)P1(=O)O[C@@H](C)CCN1C(C)C. The Kier molecular flexibility index (Phi) is 4.10. The number of hydrogen-bond donors (Lipinski definition) is 0. The molecular weight excluding hydrogens is 213 g/mol. The van der Waals surface area contributed by atoms with E-state index in [2.05, 4.69) is 0 Å². The molecule has 1 rings (SSSR count). The average Bonchev–Trinajstić information content (AvgIpc) is 2.15. The standard InChI is InChI=1S/C10H20NO3P/c1-5-10(12)15(13)11(8(2)3)7-6-9(4)14-15/h8-9H,5-7H2,1-4H3/t9-,15?/m0/s1. The van der Waals surface area contributed by atoms with Crippen molar-refractivity contribution in [2.45, 2.75) is 52.7 Å². The van der Waals surface area contributed by atoms with Gasteiger partial charge >= 0.3 is 7.52 Å². The van der Waals surface area contributed by atoms with E-state index >= 15 is 0 Å². The van der Waals surface area contributed by atoms with Gasteiger partial charge in [0.25, 0.3) is 0 Å². The zero-order chi connectivity index (χ0) is 11.6. The van der Waals surface area contributed by atoms with Crippen molar-refractivity contribution in [3.8, 4) is 0 Å². The van der Waals surface area contributed by atoms with Crippen LogP contribution in [0.4, 0.5) is 0 Å². The van der Waals surface area contributed by atoms with Gasteiger partial charge in [-0.05, 0) is 27.2 Å². The highest BCUT2D eigenvalue weighted by molar-refractivity contribution is 7.74. The lowest BCUT2D eigenvalue weighted by Crippen LogP contribution is -2.39. The van der Waals surface area contributed by atoms with Crippen molar-refractivity contribution in [3.05, 3.63) is 0 Å². The van der Waals surface area contributed by atoms with E-state index in [4.69, 9.17) is 4.52 Å². The molecule has 0 N–H and O–H groups in total. The van der Waals surface area contributed by atoms with E-state index in [1.165, 1.54) is 0 Å².